The summed E-state index contributed by atoms with van der Waals surface area (Å²) < 4.78 is 25.2. The van der Waals surface area contributed by atoms with Crippen molar-refractivity contribution in [2.75, 3.05) is 0 Å². The summed E-state index contributed by atoms with van der Waals surface area (Å²) in [5, 5.41) is 1.11. The lowest BCUT2D eigenvalue weighted by Gasteiger charge is -2.13. The summed E-state index contributed by atoms with van der Waals surface area (Å²) in [5.41, 5.74) is 2.67. The predicted octanol–water partition coefficient (Wildman–Crippen LogP) is 6.14. The van der Waals surface area contributed by atoms with Gasteiger partial charge in [0.05, 0.1) is 5.02 Å². The molecule has 0 atom stereocenters. The third kappa shape index (κ3) is 3.39. The molecule has 0 saturated carbocycles. The number of rotatable bonds is 4. The van der Waals surface area contributed by atoms with Crippen molar-refractivity contribution in [2.45, 2.75) is 13.5 Å². The van der Waals surface area contributed by atoms with Gasteiger partial charge in [-0.05, 0) is 42.3 Å². The summed E-state index contributed by atoms with van der Waals surface area (Å²) >= 11 is 6.06. The molecule has 0 bridgehead atoms. The largest absolute Gasteiger partial charge is 0.488 e. The fourth-order valence-electron chi connectivity index (χ4n) is 3.18. The second kappa shape index (κ2) is 7.49. The first kappa shape index (κ1) is 18.3. The molecule has 140 valence electrons. The molecule has 0 spiro atoms. The van der Waals surface area contributed by atoms with E-state index in [0.29, 0.717) is 21.9 Å². The first-order chi connectivity index (χ1) is 13.5. The summed E-state index contributed by atoms with van der Waals surface area (Å²) in [4.78, 5) is 12.1. The number of fused-ring (bicyclic) bond motifs is 1. The van der Waals surface area contributed by atoms with Gasteiger partial charge in [0.25, 0.3) is 0 Å². The molecule has 0 aliphatic rings. The maximum Gasteiger partial charge on any atom is 0.336 e. The Kier molecular flexibility index (Phi) is 4.88. The average Bonchev–Trinajstić information content (AvgIpc) is 2.69. The average molecular weight is 395 g/mol. The Morgan fingerprint density at radius 3 is 2.57 bits per heavy atom. The van der Waals surface area contributed by atoms with E-state index in [9.17, 15) is 9.18 Å². The Hall–Kier alpha value is -3.11. The van der Waals surface area contributed by atoms with Crippen LogP contribution in [0.5, 0.6) is 5.75 Å². The van der Waals surface area contributed by atoms with E-state index in [1.807, 2.05) is 36.4 Å². The zero-order valence-corrected chi connectivity index (χ0v) is 15.8. The predicted molar refractivity (Wildman–Crippen MR) is 108 cm³/mol. The minimum absolute atomic E-state index is 0.0273. The third-order valence-corrected chi connectivity index (χ3v) is 4.98. The van der Waals surface area contributed by atoms with E-state index < -0.39 is 11.4 Å². The van der Waals surface area contributed by atoms with Crippen molar-refractivity contribution in [3.05, 3.63) is 99.1 Å². The first-order valence-corrected chi connectivity index (χ1v) is 9.11. The van der Waals surface area contributed by atoms with Gasteiger partial charge in [-0.2, -0.15) is 0 Å². The molecule has 0 amide bonds. The molecule has 0 fully saturated rings. The SMILES string of the molecule is Cc1c(OCc2c(F)cccc2Cl)ccc2c(-c3ccccc3)cc(=O)oc12. The lowest BCUT2D eigenvalue weighted by molar-refractivity contribution is 0.298. The number of halogens is 2. The fourth-order valence-corrected chi connectivity index (χ4v) is 3.39. The summed E-state index contributed by atoms with van der Waals surface area (Å²) in [6, 6.07) is 19.2. The van der Waals surface area contributed by atoms with Crippen LogP contribution >= 0.6 is 11.6 Å². The molecule has 4 rings (SSSR count). The van der Waals surface area contributed by atoms with Crippen molar-refractivity contribution >= 4 is 22.6 Å². The van der Waals surface area contributed by atoms with E-state index in [0.717, 1.165) is 16.5 Å². The van der Waals surface area contributed by atoms with Gasteiger partial charge in [0.2, 0.25) is 0 Å². The Balaban J connectivity index is 1.76. The van der Waals surface area contributed by atoms with Crippen molar-refractivity contribution < 1.29 is 13.5 Å². The normalized spacial score (nSPS) is 11.0. The monoisotopic (exact) mass is 394 g/mol. The molecule has 0 aliphatic heterocycles. The second-order valence-corrected chi connectivity index (χ2v) is 6.81. The summed E-state index contributed by atoms with van der Waals surface area (Å²) in [6.07, 6.45) is 0. The highest BCUT2D eigenvalue weighted by Crippen LogP contribution is 2.33. The Morgan fingerprint density at radius 1 is 1.04 bits per heavy atom. The molecule has 0 unspecified atom stereocenters. The number of ether oxygens (including phenoxy) is 1. The topological polar surface area (TPSA) is 39.4 Å². The van der Waals surface area contributed by atoms with Crippen LogP contribution in [0.2, 0.25) is 5.02 Å². The zero-order valence-electron chi connectivity index (χ0n) is 15.0. The van der Waals surface area contributed by atoms with Crippen LogP contribution in [-0.4, -0.2) is 0 Å². The molecule has 0 N–H and O–H groups in total. The highest BCUT2D eigenvalue weighted by atomic mass is 35.5. The summed E-state index contributed by atoms with van der Waals surface area (Å²) in [7, 11) is 0. The molecule has 1 aromatic heterocycles. The van der Waals surface area contributed by atoms with E-state index in [4.69, 9.17) is 20.8 Å². The Bertz CT molecular complexity index is 1200. The smallest absolute Gasteiger partial charge is 0.336 e. The van der Waals surface area contributed by atoms with Crippen molar-refractivity contribution in [3.8, 4) is 16.9 Å². The van der Waals surface area contributed by atoms with Crippen LogP contribution in [0.15, 0.2) is 75.9 Å². The number of benzene rings is 3. The maximum atomic E-state index is 14.0. The molecule has 3 nitrogen and oxygen atoms in total. The van der Waals surface area contributed by atoms with Crippen LogP contribution in [0, 0.1) is 12.7 Å². The molecule has 5 heteroatoms. The highest BCUT2D eigenvalue weighted by molar-refractivity contribution is 6.31. The third-order valence-electron chi connectivity index (χ3n) is 4.63. The lowest BCUT2D eigenvalue weighted by atomic mass is 10.0. The zero-order chi connectivity index (χ0) is 19.7. The van der Waals surface area contributed by atoms with Crippen LogP contribution in [0.1, 0.15) is 11.1 Å². The maximum absolute atomic E-state index is 14.0. The van der Waals surface area contributed by atoms with Crippen LogP contribution in [0.3, 0.4) is 0 Å². The molecule has 4 aromatic rings. The van der Waals surface area contributed by atoms with Gasteiger partial charge in [-0.15, -0.1) is 0 Å². The van der Waals surface area contributed by atoms with E-state index >= 15 is 0 Å². The molecule has 0 radical (unpaired) electrons. The molecule has 0 aliphatic carbocycles. The van der Waals surface area contributed by atoms with E-state index in [1.54, 1.807) is 25.1 Å². The van der Waals surface area contributed by atoms with Gasteiger partial charge in [-0.3, -0.25) is 0 Å². The highest BCUT2D eigenvalue weighted by Gasteiger charge is 2.14. The van der Waals surface area contributed by atoms with Crippen LogP contribution in [0.25, 0.3) is 22.1 Å². The number of hydrogen-bond donors (Lipinski definition) is 0. The molecular formula is C23H16ClFO3. The van der Waals surface area contributed by atoms with E-state index in [2.05, 4.69) is 0 Å². The van der Waals surface area contributed by atoms with Gasteiger partial charge in [-0.1, -0.05) is 48.0 Å². The van der Waals surface area contributed by atoms with Gasteiger partial charge < -0.3 is 9.15 Å². The molecule has 0 saturated heterocycles. The van der Waals surface area contributed by atoms with Gasteiger partial charge in [-0.25, -0.2) is 9.18 Å². The minimum atomic E-state index is -0.441. The van der Waals surface area contributed by atoms with Gasteiger partial charge in [0, 0.05) is 22.6 Å². The quantitative estimate of drug-likeness (QED) is 0.390. The van der Waals surface area contributed by atoms with Crippen molar-refractivity contribution in [3.63, 3.8) is 0 Å². The van der Waals surface area contributed by atoms with Crippen molar-refractivity contribution in [1.82, 2.24) is 0 Å². The van der Waals surface area contributed by atoms with Crippen LogP contribution in [-0.2, 0) is 6.61 Å². The van der Waals surface area contributed by atoms with E-state index in [-0.39, 0.29) is 12.2 Å². The fraction of sp³-hybridized carbons (Fsp3) is 0.0870. The number of hydrogen-bond acceptors (Lipinski definition) is 3. The summed E-state index contributed by atoms with van der Waals surface area (Å²) in [6.45, 7) is 1.78. The molecule has 1 heterocycles. The summed E-state index contributed by atoms with van der Waals surface area (Å²) in [5.74, 6) is 0.0732. The van der Waals surface area contributed by atoms with Gasteiger partial charge in [0.15, 0.2) is 0 Å². The lowest BCUT2D eigenvalue weighted by Crippen LogP contribution is -2.03. The van der Waals surface area contributed by atoms with Gasteiger partial charge >= 0.3 is 5.63 Å². The first-order valence-electron chi connectivity index (χ1n) is 8.73. The Morgan fingerprint density at radius 2 is 1.82 bits per heavy atom. The van der Waals surface area contributed by atoms with Crippen molar-refractivity contribution in [1.29, 1.82) is 0 Å². The molecular weight excluding hydrogens is 379 g/mol. The van der Waals surface area contributed by atoms with Gasteiger partial charge in [0.1, 0.15) is 23.8 Å². The molecule has 28 heavy (non-hydrogen) atoms. The standard InChI is InChI=1S/C23H16ClFO3/c1-14-21(27-13-18-19(24)8-5-9-20(18)25)11-10-16-17(12-22(26)28-23(14)16)15-6-3-2-4-7-15/h2-12H,13H2,1H3. The minimum Gasteiger partial charge on any atom is -0.488 e. The molecule has 3 aromatic carbocycles. The van der Waals surface area contributed by atoms with Crippen LogP contribution < -0.4 is 10.4 Å². The second-order valence-electron chi connectivity index (χ2n) is 6.40. The van der Waals surface area contributed by atoms with Crippen molar-refractivity contribution in [2.24, 2.45) is 0 Å². The van der Waals surface area contributed by atoms with E-state index in [1.165, 1.54) is 12.1 Å². The Labute approximate surface area is 166 Å². The van der Waals surface area contributed by atoms with Crippen LogP contribution in [0.4, 0.5) is 4.39 Å². The number of aryl methyl sites for hydroxylation is 1.